The van der Waals surface area contributed by atoms with E-state index in [-0.39, 0.29) is 17.9 Å². The van der Waals surface area contributed by atoms with Crippen LogP contribution in [-0.4, -0.2) is 33.4 Å². The van der Waals surface area contributed by atoms with E-state index in [0.717, 1.165) is 11.3 Å². The Morgan fingerprint density at radius 2 is 2.08 bits per heavy atom. The van der Waals surface area contributed by atoms with Gasteiger partial charge in [0, 0.05) is 0 Å². The van der Waals surface area contributed by atoms with E-state index in [1.807, 2.05) is 31.2 Å². The molecule has 0 saturated heterocycles. The van der Waals surface area contributed by atoms with Crippen LogP contribution in [0.4, 0.5) is 5.69 Å². The fourth-order valence-corrected chi connectivity index (χ4v) is 2.27. The molecule has 0 atom stereocenters. The molecule has 2 aromatic rings. The lowest BCUT2D eigenvalue weighted by atomic mass is 10.2. The van der Waals surface area contributed by atoms with Gasteiger partial charge in [-0.25, -0.2) is 5.43 Å². The number of carbonyl (C=O) groups excluding carboxylic acids is 1. The summed E-state index contributed by atoms with van der Waals surface area (Å²) in [5.74, 6) is 0.331. The lowest BCUT2D eigenvalue weighted by molar-refractivity contribution is -0.386. The van der Waals surface area contributed by atoms with Crippen molar-refractivity contribution >= 4 is 17.8 Å². The summed E-state index contributed by atoms with van der Waals surface area (Å²) < 4.78 is 6.62. The summed E-state index contributed by atoms with van der Waals surface area (Å²) in [6.07, 6.45) is 1.50. The Hall–Kier alpha value is -3.23. The van der Waals surface area contributed by atoms with Gasteiger partial charge in [-0.2, -0.15) is 10.2 Å². The molecule has 0 spiro atoms. The average molecular weight is 345 g/mol. The van der Waals surface area contributed by atoms with Gasteiger partial charge < -0.3 is 4.74 Å². The Balaban J connectivity index is 1.94. The molecule has 0 radical (unpaired) electrons. The van der Waals surface area contributed by atoms with Gasteiger partial charge in [-0.3, -0.25) is 19.6 Å². The van der Waals surface area contributed by atoms with Gasteiger partial charge in [-0.15, -0.1) is 0 Å². The largest absolute Gasteiger partial charge is 0.494 e. The molecule has 0 aliphatic carbocycles. The van der Waals surface area contributed by atoms with Gasteiger partial charge in [-0.1, -0.05) is 0 Å². The highest BCUT2D eigenvalue weighted by molar-refractivity contribution is 5.82. The first-order valence-electron chi connectivity index (χ1n) is 7.65. The minimum Gasteiger partial charge on any atom is -0.494 e. The first kappa shape index (κ1) is 18.1. The lowest BCUT2D eigenvalue weighted by Gasteiger charge is -2.03. The van der Waals surface area contributed by atoms with E-state index < -0.39 is 10.8 Å². The molecule has 1 N–H and O–H groups in total. The van der Waals surface area contributed by atoms with E-state index in [2.05, 4.69) is 15.6 Å². The number of nitrogens with one attached hydrogen (secondary N) is 1. The van der Waals surface area contributed by atoms with E-state index >= 15 is 0 Å². The standard InChI is InChI=1S/C16H19N5O4/c1-4-25-14-7-5-13(6-8-14)9-17-18-15(22)10-20-12(3)16(21(23)24)11(2)19-20/h5-9H,4,10H2,1-3H3,(H,18,22)/b17-9+. The molecule has 9 nitrogen and oxygen atoms in total. The van der Waals surface area contributed by atoms with Crippen molar-refractivity contribution in [1.29, 1.82) is 0 Å². The van der Waals surface area contributed by atoms with Crippen molar-refractivity contribution < 1.29 is 14.5 Å². The van der Waals surface area contributed by atoms with Gasteiger partial charge in [0.1, 0.15) is 23.7 Å². The zero-order chi connectivity index (χ0) is 18.4. The van der Waals surface area contributed by atoms with Crippen molar-refractivity contribution in [2.45, 2.75) is 27.3 Å². The molecule has 132 valence electrons. The van der Waals surface area contributed by atoms with E-state index in [1.165, 1.54) is 17.8 Å². The van der Waals surface area contributed by atoms with Gasteiger partial charge in [0.2, 0.25) is 0 Å². The minimum atomic E-state index is -0.504. The summed E-state index contributed by atoms with van der Waals surface area (Å²) in [6.45, 7) is 5.43. The van der Waals surface area contributed by atoms with Crippen LogP contribution >= 0.6 is 0 Å². The monoisotopic (exact) mass is 345 g/mol. The van der Waals surface area contributed by atoms with Crippen molar-refractivity contribution in [3.8, 4) is 5.75 Å². The maximum absolute atomic E-state index is 11.9. The number of hydrazone groups is 1. The molecule has 0 aliphatic heterocycles. The van der Waals surface area contributed by atoms with E-state index in [0.29, 0.717) is 12.3 Å². The number of nitrogens with zero attached hydrogens (tertiary/aromatic N) is 4. The molecule has 1 amide bonds. The maximum atomic E-state index is 11.9. The highest BCUT2D eigenvalue weighted by Gasteiger charge is 2.22. The second-order valence-corrected chi connectivity index (χ2v) is 5.23. The molecule has 1 heterocycles. The Labute approximate surface area is 144 Å². The number of nitro groups is 1. The van der Waals surface area contributed by atoms with Crippen LogP contribution in [0.25, 0.3) is 0 Å². The van der Waals surface area contributed by atoms with Crippen molar-refractivity contribution in [3.63, 3.8) is 0 Å². The number of carbonyl (C=O) groups is 1. The third-order valence-electron chi connectivity index (χ3n) is 3.41. The van der Waals surface area contributed by atoms with Gasteiger partial charge in [-0.05, 0) is 50.6 Å². The van der Waals surface area contributed by atoms with Crippen LogP contribution < -0.4 is 10.2 Å². The summed E-state index contributed by atoms with van der Waals surface area (Å²) >= 11 is 0. The molecule has 2 rings (SSSR count). The molecule has 9 heteroatoms. The Morgan fingerprint density at radius 3 is 2.64 bits per heavy atom. The van der Waals surface area contributed by atoms with Gasteiger partial charge in [0.05, 0.1) is 17.7 Å². The van der Waals surface area contributed by atoms with Crippen LogP contribution in [0.5, 0.6) is 5.75 Å². The van der Waals surface area contributed by atoms with Gasteiger partial charge >= 0.3 is 5.69 Å². The molecule has 1 aromatic carbocycles. The molecular formula is C16H19N5O4. The smallest absolute Gasteiger partial charge is 0.312 e. The molecule has 0 fully saturated rings. The van der Waals surface area contributed by atoms with Crippen molar-refractivity contribution in [2.24, 2.45) is 5.10 Å². The van der Waals surface area contributed by atoms with Crippen LogP contribution in [0.1, 0.15) is 23.9 Å². The zero-order valence-corrected chi connectivity index (χ0v) is 14.2. The first-order chi connectivity index (χ1) is 11.9. The highest BCUT2D eigenvalue weighted by Crippen LogP contribution is 2.21. The number of amides is 1. The SMILES string of the molecule is CCOc1ccc(/C=N/NC(=O)Cn2nc(C)c([N+](=O)[O-])c2C)cc1. The van der Waals surface area contributed by atoms with Crippen molar-refractivity contribution in [3.05, 3.63) is 51.3 Å². The maximum Gasteiger partial charge on any atom is 0.312 e. The molecule has 0 unspecified atom stereocenters. The Bertz CT molecular complexity index is 796. The summed E-state index contributed by atoms with van der Waals surface area (Å²) in [5.41, 5.74) is 3.69. The second-order valence-electron chi connectivity index (χ2n) is 5.23. The summed E-state index contributed by atoms with van der Waals surface area (Å²) in [6, 6.07) is 7.24. The van der Waals surface area contributed by atoms with Crippen molar-refractivity contribution in [1.82, 2.24) is 15.2 Å². The van der Waals surface area contributed by atoms with Crippen LogP contribution in [0.15, 0.2) is 29.4 Å². The molecule has 1 aromatic heterocycles. The summed E-state index contributed by atoms with van der Waals surface area (Å²) in [5, 5.41) is 18.8. The van der Waals surface area contributed by atoms with E-state index in [1.54, 1.807) is 6.92 Å². The zero-order valence-electron chi connectivity index (χ0n) is 14.2. The van der Waals surface area contributed by atoms with Crippen LogP contribution in [0.2, 0.25) is 0 Å². The fraction of sp³-hybridized carbons (Fsp3) is 0.312. The molecule has 0 bridgehead atoms. The predicted molar refractivity (Wildman–Crippen MR) is 91.7 cm³/mol. The van der Waals surface area contributed by atoms with E-state index in [4.69, 9.17) is 4.74 Å². The number of ether oxygens (including phenoxy) is 1. The predicted octanol–water partition coefficient (Wildman–Crippen LogP) is 1.96. The highest BCUT2D eigenvalue weighted by atomic mass is 16.6. The number of aromatic nitrogens is 2. The lowest BCUT2D eigenvalue weighted by Crippen LogP contribution is -2.24. The number of benzene rings is 1. The first-order valence-corrected chi connectivity index (χ1v) is 7.65. The van der Waals surface area contributed by atoms with Crippen LogP contribution in [0, 0.1) is 24.0 Å². The third-order valence-corrected chi connectivity index (χ3v) is 3.41. The summed E-state index contributed by atoms with van der Waals surface area (Å²) in [7, 11) is 0. The second kappa shape index (κ2) is 8.04. The number of aryl methyl sites for hydroxylation is 1. The number of rotatable bonds is 7. The van der Waals surface area contributed by atoms with Crippen LogP contribution in [-0.2, 0) is 11.3 Å². The summed E-state index contributed by atoms with van der Waals surface area (Å²) in [4.78, 5) is 22.4. The normalized spacial score (nSPS) is 10.8. The Kier molecular flexibility index (Phi) is 5.83. The minimum absolute atomic E-state index is 0.0781. The van der Waals surface area contributed by atoms with Gasteiger partial charge in [0.25, 0.3) is 5.91 Å². The third kappa shape index (κ3) is 4.63. The number of hydrogen-bond donors (Lipinski definition) is 1. The molecule has 25 heavy (non-hydrogen) atoms. The molecule has 0 aliphatic rings. The van der Waals surface area contributed by atoms with Crippen molar-refractivity contribution in [2.75, 3.05) is 6.61 Å². The van der Waals surface area contributed by atoms with E-state index in [9.17, 15) is 14.9 Å². The fourth-order valence-electron chi connectivity index (χ4n) is 2.27. The topological polar surface area (TPSA) is 112 Å². The Morgan fingerprint density at radius 1 is 1.40 bits per heavy atom. The van der Waals surface area contributed by atoms with Gasteiger partial charge in [0.15, 0.2) is 0 Å². The number of hydrogen-bond acceptors (Lipinski definition) is 6. The molecule has 0 saturated carbocycles. The quantitative estimate of drug-likeness (QED) is 0.468. The van der Waals surface area contributed by atoms with Crippen LogP contribution in [0.3, 0.4) is 0 Å². The molecular weight excluding hydrogens is 326 g/mol. The average Bonchev–Trinajstić information content (AvgIpc) is 2.83.